The number of rotatable bonds is 5. The third-order valence-electron chi connectivity index (χ3n) is 2.66. The highest BCUT2D eigenvalue weighted by Crippen LogP contribution is 2.23. The molecule has 3 heterocycles. The van der Waals surface area contributed by atoms with Crippen molar-refractivity contribution in [2.45, 2.75) is 13.0 Å². The molecule has 2 N–H and O–H groups in total. The lowest BCUT2D eigenvalue weighted by Gasteiger charge is -2.01. The van der Waals surface area contributed by atoms with Crippen molar-refractivity contribution in [1.82, 2.24) is 24.7 Å². The maximum absolute atomic E-state index is 11.8. The van der Waals surface area contributed by atoms with E-state index in [0.29, 0.717) is 18.1 Å². The molecule has 3 aromatic heterocycles. The van der Waals surface area contributed by atoms with Crippen LogP contribution in [-0.4, -0.2) is 30.6 Å². The summed E-state index contributed by atoms with van der Waals surface area (Å²) in [6.45, 7) is 0.501. The van der Waals surface area contributed by atoms with Gasteiger partial charge in [0.05, 0.1) is 17.9 Å². The Morgan fingerprint density at radius 3 is 3.20 bits per heavy atom. The van der Waals surface area contributed by atoms with Crippen LogP contribution in [0.3, 0.4) is 0 Å². The van der Waals surface area contributed by atoms with Gasteiger partial charge < -0.3 is 10.3 Å². The summed E-state index contributed by atoms with van der Waals surface area (Å²) in [7, 11) is 0. The average molecular weight is 288 g/mol. The van der Waals surface area contributed by atoms with Gasteiger partial charge in [-0.15, -0.1) is 11.3 Å². The van der Waals surface area contributed by atoms with Gasteiger partial charge in [0, 0.05) is 18.0 Å². The lowest BCUT2D eigenvalue weighted by atomic mass is 10.3. The van der Waals surface area contributed by atoms with Gasteiger partial charge in [0.2, 0.25) is 5.91 Å². The van der Waals surface area contributed by atoms with Crippen LogP contribution in [0.15, 0.2) is 36.4 Å². The number of aryl methyl sites for hydroxylation is 1. The molecule has 0 bridgehead atoms. The maximum atomic E-state index is 11.8. The number of amides is 1. The summed E-state index contributed by atoms with van der Waals surface area (Å²) < 4.78 is 1.62. The van der Waals surface area contributed by atoms with E-state index in [-0.39, 0.29) is 5.91 Å². The second-order valence-electron chi connectivity index (χ2n) is 4.08. The van der Waals surface area contributed by atoms with E-state index in [9.17, 15) is 4.79 Å². The molecule has 0 aromatic carbocycles. The van der Waals surface area contributed by atoms with E-state index >= 15 is 0 Å². The molecule has 0 atom stereocenters. The predicted molar refractivity (Wildman–Crippen MR) is 75.2 cm³/mol. The zero-order valence-electron chi connectivity index (χ0n) is 10.5. The second kappa shape index (κ2) is 5.66. The summed E-state index contributed by atoms with van der Waals surface area (Å²) in [6.07, 6.45) is 5.20. The number of nitrogens with zero attached hydrogens (tertiary/aromatic N) is 4. The van der Waals surface area contributed by atoms with Crippen LogP contribution in [0.4, 0.5) is 5.13 Å². The number of carbonyl (C=O) groups excluding carboxylic acids is 1. The molecular weight excluding hydrogens is 276 g/mol. The van der Waals surface area contributed by atoms with Crippen LogP contribution in [0.2, 0.25) is 0 Å². The Bertz CT molecular complexity index is 673. The van der Waals surface area contributed by atoms with Crippen molar-refractivity contribution in [2.75, 3.05) is 5.32 Å². The van der Waals surface area contributed by atoms with E-state index in [4.69, 9.17) is 0 Å². The Hall–Kier alpha value is -2.48. The molecule has 0 saturated carbocycles. The molecule has 1 amide bonds. The summed E-state index contributed by atoms with van der Waals surface area (Å²) in [6, 6.07) is 3.84. The van der Waals surface area contributed by atoms with Crippen LogP contribution in [0.1, 0.15) is 6.42 Å². The first-order valence-electron chi connectivity index (χ1n) is 6.03. The van der Waals surface area contributed by atoms with Crippen LogP contribution in [0.25, 0.3) is 11.4 Å². The zero-order valence-corrected chi connectivity index (χ0v) is 11.3. The summed E-state index contributed by atoms with van der Waals surface area (Å²) in [5, 5.41) is 9.22. The minimum absolute atomic E-state index is 0.0899. The third-order valence-corrected chi connectivity index (χ3v) is 3.42. The topological polar surface area (TPSA) is 88.5 Å². The number of anilines is 1. The first-order chi connectivity index (χ1) is 9.81. The molecule has 0 saturated heterocycles. The van der Waals surface area contributed by atoms with Gasteiger partial charge in [-0.05, 0) is 12.1 Å². The highest BCUT2D eigenvalue weighted by Gasteiger charge is 2.08. The van der Waals surface area contributed by atoms with E-state index in [1.165, 1.54) is 17.7 Å². The first kappa shape index (κ1) is 12.5. The molecule has 0 radical (unpaired) electrons. The number of thiazole rings is 1. The number of carbonyl (C=O) groups is 1. The zero-order chi connectivity index (χ0) is 13.8. The Kier molecular flexibility index (Phi) is 3.55. The fourth-order valence-corrected chi connectivity index (χ4v) is 2.42. The SMILES string of the molecule is O=C(CCn1cncn1)Nc1nc(-c2ccc[nH]2)cs1. The van der Waals surface area contributed by atoms with Crippen molar-refractivity contribution in [3.8, 4) is 11.4 Å². The molecule has 0 spiro atoms. The third kappa shape index (κ3) is 2.91. The number of aromatic amines is 1. The van der Waals surface area contributed by atoms with E-state index in [2.05, 4.69) is 25.4 Å². The van der Waals surface area contributed by atoms with Crippen molar-refractivity contribution in [1.29, 1.82) is 0 Å². The summed E-state index contributed by atoms with van der Waals surface area (Å²) in [5.41, 5.74) is 1.76. The van der Waals surface area contributed by atoms with Gasteiger partial charge >= 0.3 is 0 Å². The summed E-state index contributed by atoms with van der Waals surface area (Å²) in [5.74, 6) is -0.0899. The smallest absolute Gasteiger partial charge is 0.228 e. The Labute approximate surface area is 118 Å². The van der Waals surface area contributed by atoms with Crippen LogP contribution in [0, 0.1) is 0 Å². The molecule has 0 aliphatic carbocycles. The maximum Gasteiger partial charge on any atom is 0.228 e. The molecular formula is C12H12N6OS. The number of H-pyrrole nitrogens is 1. The number of hydrogen-bond acceptors (Lipinski definition) is 5. The molecule has 7 nitrogen and oxygen atoms in total. The summed E-state index contributed by atoms with van der Waals surface area (Å²) in [4.78, 5) is 23.0. The number of hydrogen-bond donors (Lipinski definition) is 2. The molecule has 20 heavy (non-hydrogen) atoms. The van der Waals surface area contributed by atoms with E-state index in [1.54, 1.807) is 11.0 Å². The fraction of sp³-hybridized carbons (Fsp3) is 0.167. The Morgan fingerprint density at radius 2 is 2.45 bits per heavy atom. The van der Waals surface area contributed by atoms with Crippen molar-refractivity contribution in [3.63, 3.8) is 0 Å². The minimum Gasteiger partial charge on any atom is -0.360 e. The molecule has 8 heteroatoms. The lowest BCUT2D eigenvalue weighted by molar-refractivity contribution is -0.116. The average Bonchev–Trinajstić information content (AvgIpc) is 3.18. The molecule has 3 rings (SSSR count). The van der Waals surface area contributed by atoms with Crippen molar-refractivity contribution in [2.24, 2.45) is 0 Å². The van der Waals surface area contributed by atoms with Gasteiger partial charge in [-0.3, -0.25) is 9.48 Å². The number of nitrogens with one attached hydrogen (secondary N) is 2. The minimum atomic E-state index is -0.0899. The Balaban J connectivity index is 1.56. The van der Waals surface area contributed by atoms with Crippen molar-refractivity contribution >= 4 is 22.4 Å². The van der Waals surface area contributed by atoms with Crippen molar-refractivity contribution < 1.29 is 4.79 Å². The molecule has 0 fully saturated rings. The molecule has 0 aliphatic heterocycles. The van der Waals surface area contributed by atoms with Crippen LogP contribution in [-0.2, 0) is 11.3 Å². The van der Waals surface area contributed by atoms with Gasteiger partial charge in [-0.2, -0.15) is 5.10 Å². The summed E-state index contributed by atoms with van der Waals surface area (Å²) >= 11 is 1.40. The highest BCUT2D eigenvalue weighted by atomic mass is 32.1. The van der Waals surface area contributed by atoms with Gasteiger partial charge in [0.25, 0.3) is 0 Å². The quantitative estimate of drug-likeness (QED) is 0.748. The van der Waals surface area contributed by atoms with Gasteiger partial charge in [-0.1, -0.05) is 0 Å². The van der Waals surface area contributed by atoms with Gasteiger partial charge in [0.15, 0.2) is 5.13 Å². The standard InChI is InChI=1S/C12H12N6OS/c19-11(3-5-18-8-13-7-15-18)17-12-16-10(6-20-12)9-2-1-4-14-9/h1-2,4,6-8,14H,3,5H2,(H,16,17,19). The highest BCUT2D eigenvalue weighted by molar-refractivity contribution is 7.14. The number of aromatic nitrogens is 5. The van der Waals surface area contributed by atoms with Crippen LogP contribution in [0.5, 0.6) is 0 Å². The monoisotopic (exact) mass is 288 g/mol. The van der Waals surface area contributed by atoms with E-state index in [0.717, 1.165) is 11.4 Å². The normalized spacial score (nSPS) is 10.6. The first-order valence-corrected chi connectivity index (χ1v) is 6.91. The Morgan fingerprint density at radius 1 is 1.50 bits per heavy atom. The molecule has 0 unspecified atom stereocenters. The predicted octanol–water partition coefficient (Wildman–Crippen LogP) is 1.76. The van der Waals surface area contributed by atoms with Gasteiger partial charge in [0.1, 0.15) is 12.7 Å². The molecule has 3 aromatic rings. The molecule has 102 valence electrons. The van der Waals surface area contributed by atoms with Gasteiger partial charge in [-0.25, -0.2) is 9.97 Å². The second-order valence-corrected chi connectivity index (χ2v) is 4.94. The largest absolute Gasteiger partial charge is 0.360 e. The molecule has 0 aliphatic rings. The van der Waals surface area contributed by atoms with E-state index < -0.39 is 0 Å². The van der Waals surface area contributed by atoms with Crippen molar-refractivity contribution in [3.05, 3.63) is 36.4 Å². The van der Waals surface area contributed by atoms with Crippen LogP contribution >= 0.6 is 11.3 Å². The lowest BCUT2D eigenvalue weighted by Crippen LogP contribution is -2.14. The van der Waals surface area contributed by atoms with Crippen LogP contribution < -0.4 is 5.32 Å². The van der Waals surface area contributed by atoms with E-state index in [1.807, 2.05) is 23.7 Å². The fourth-order valence-electron chi connectivity index (χ4n) is 1.69.